The molecule has 0 spiro atoms. The van der Waals surface area contributed by atoms with Crippen LogP contribution >= 0.6 is 0 Å². The van der Waals surface area contributed by atoms with Crippen molar-refractivity contribution in [1.29, 1.82) is 0 Å². The summed E-state index contributed by atoms with van der Waals surface area (Å²) in [5.41, 5.74) is 0. The Bertz CT molecular complexity index is 1170. The van der Waals surface area contributed by atoms with Crippen molar-refractivity contribution in [3.8, 4) is 0 Å². The van der Waals surface area contributed by atoms with Gasteiger partial charge in [0.1, 0.15) is 0 Å². The lowest BCUT2D eigenvalue weighted by Gasteiger charge is -2.47. The van der Waals surface area contributed by atoms with Crippen molar-refractivity contribution in [2.75, 3.05) is 71.9 Å². The molecule has 0 bridgehead atoms. The average molecular weight is 1060 g/mol. The van der Waals surface area contributed by atoms with E-state index in [1.54, 1.807) is 0 Å². The lowest BCUT2D eigenvalue weighted by atomic mass is 10.4. The second kappa shape index (κ2) is 30.3. The fourth-order valence-electron chi connectivity index (χ4n) is 7.74. The van der Waals surface area contributed by atoms with Gasteiger partial charge >= 0.3 is 34.2 Å². The number of hydrogen-bond donors (Lipinski definition) is 2. The van der Waals surface area contributed by atoms with Gasteiger partial charge in [-0.2, -0.15) is 0 Å². The van der Waals surface area contributed by atoms with Crippen LogP contribution in [0.2, 0.25) is 142 Å². The monoisotopic (exact) mass is 1060 g/mol. The Morgan fingerprint density at radius 1 is 0.435 bits per heavy atom. The molecule has 0 aliphatic carbocycles. The highest BCUT2D eigenvalue weighted by Gasteiger charge is 2.55. The van der Waals surface area contributed by atoms with Gasteiger partial charge in [0.25, 0.3) is 0 Å². The van der Waals surface area contributed by atoms with E-state index in [-0.39, 0.29) is 19.3 Å². The summed E-state index contributed by atoms with van der Waals surface area (Å²) >= 11 is 0. The molecule has 23 heteroatoms. The molecule has 13 nitrogen and oxygen atoms in total. The summed E-state index contributed by atoms with van der Waals surface area (Å²) in [4.78, 5) is 0. The Morgan fingerprint density at radius 3 is 1.34 bits per heavy atom. The largest absolute Gasteiger partial charge is 0.437 e. The van der Waals surface area contributed by atoms with Crippen LogP contribution in [0.15, 0.2) is 0 Å². The average Bonchev–Trinajstić information content (AvgIpc) is 3.08. The summed E-state index contributed by atoms with van der Waals surface area (Å²) in [6, 6.07) is 3.52. The fraction of sp³-hybridized carbons (Fsp3) is 1.00. The van der Waals surface area contributed by atoms with Crippen LogP contribution in [-0.2, 0) is 48.4 Å². The predicted octanol–water partition coefficient (Wildman–Crippen LogP) is 8.60. The summed E-state index contributed by atoms with van der Waals surface area (Å²) in [5.74, 6) is 0. The van der Waals surface area contributed by atoms with Crippen molar-refractivity contribution in [3.63, 3.8) is 0 Å². The molecule has 0 radical (unpaired) electrons. The normalized spacial score (nSPS) is 17.9. The van der Waals surface area contributed by atoms with E-state index >= 15 is 0 Å². The summed E-state index contributed by atoms with van der Waals surface area (Å²) in [5, 5.41) is 18.5. The highest BCUT2D eigenvalue weighted by atomic mass is 29.3. The number of ether oxygens (including phenoxy) is 4. The minimum absolute atomic E-state index is 0.0172. The van der Waals surface area contributed by atoms with E-state index in [0.29, 0.717) is 46.2 Å². The molecule has 374 valence electrons. The fourth-order valence-corrected chi connectivity index (χ4v) is 56.5. The van der Waals surface area contributed by atoms with Crippen LogP contribution in [0, 0.1) is 0 Å². The van der Waals surface area contributed by atoms with Gasteiger partial charge in [-0.15, -0.1) is 0 Å². The first kappa shape index (κ1) is 63.6. The molecule has 0 heterocycles. The van der Waals surface area contributed by atoms with Gasteiger partial charge in [0.2, 0.25) is 7.83 Å². The predicted molar refractivity (Wildman–Crippen MR) is 283 cm³/mol. The van der Waals surface area contributed by atoms with E-state index in [9.17, 15) is 10.2 Å². The van der Waals surface area contributed by atoms with E-state index in [4.69, 9.17) is 48.4 Å². The molecule has 0 amide bonds. The molecule has 0 saturated heterocycles. The Labute approximate surface area is 393 Å². The zero-order valence-electron chi connectivity index (χ0n) is 43.6. The maximum absolute atomic E-state index is 9.26. The smallest absolute Gasteiger partial charge is 0.325 e. The van der Waals surface area contributed by atoms with Gasteiger partial charge in [-0.1, -0.05) is 26.2 Å². The molecule has 2 N–H and O–H groups in total. The zero-order chi connectivity index (χ0) is 47.9. The molecule has 0 aliphatic rings. The van der Waals surface area contributed by atoms with Crippen LogP contribution in [0.5, 0.6) is 0 Å². The maximum atomic E-state index is 9.26. The first-order chi connectivity index (χ1) is 28.3. The highest BCUT2D eigenvalue weighted by molar-refractivity contribution is 7.37. The maximum Gasteiger partial charge on any atom is 0.325 e. The molecule has 62 heavy (non-hydrogen) atoms. The van der Waals surface area contributed by atoms with Gasteiger partial charge in [-0.25, -0.2) is 0 Å². The van der Waals surface area contributed by atoms with E-state index < -0.39 is 84.1 Å². The molecule has 0 saturated carbocycles. The third-order valence-electron chi connectivity index (χ3n) is 9.85. The van der Waals surface area contributed by atoms with Crippen LogP contribution < -0.4 is 0 Å². The van der Waals surface area contributed by atoms with Crippen molar-refractivity contribution < 1.29 is 58.6 Å². The van der Waals surface area contributed by atoms with Gasteiger partial charge in [-0.3, -0.25) is 0 Å². The third kappa shape index (κ3) is 30.9. The van der Waals surface area contributed by atoms with Crippen LogP contribution in [0.4, 0.5) is 0 Å². The van der Waals surface area contributed by atoms with Gasteiger partial charge in [0.05, 0.1) is 56.7 Å². The molecular formula is C39H100O13Si10. The Balaban J connectivity index is 5.71. The van der Waals surface area contributed by atoms with E-state index in [1.807, 2.05) is 0 Å². The summed E-state index contributed by atoms with van der Waals surface area (Å²) in [6.07, 6.45) is 5.02. The topological polar surface area (TPSA) is 142 Å². The Kier molecular flexibility index (Phi) is 31.1. The molecule has 0 aromatic carbocycles. The molecule has 0 aromatic heterocycles. The number of aliphatic hydroxyl groups is 2. The van der Waals surface area contributed by atoms with Crippen molar-refractivity contribution >= 4 is 84.1 Å². The number of hydrogen-bond acceptors (Lipinski definition) is 13. The summed E-state index contributed by atoms with van der Waals surface area (Å²) < 4.78 is 72.7. The summed E-state index contributed by atoms with van der Waals surface area (Å²) in [6.45, 7) is 46.4. The molecule has 0 rings (SSSR count). The van der Waals surface area contributed by atoms with Crippen LogP contribution in [0.1, 0.15) is 32.6 Å². The molecule has 5 unspecified atom stereocenters. The standard InChI is InChI=1S/C39H100O13Si10/c1-39(36-44-28-22-34-61(18,47-38-54(4)5)62(19,35-21-27-43-31-25-41)51-58(14,15)49-56(9,10)11)45-29-23-32-59(16,46-37-53(2)3)52-60(17,33-20-26-42-30-24-40)50-57(12,13)48-55(6,7)8/h39-41,53-54H,20-38H2,1-19H3. The van der Waals surface area contributed by atoms with Gasteiger partial charge in [0.15, 0.2) is 24.5 Å². The minimum Gasteiger partial charge on any atom is -0.437 e. The first-order valence-corrected chi connectivity index (χ1v) is 53.7. The van der Waals surface area contributed by atoms with Crippen molar-refractivity contribution in [2.45, 2.75) is 181 Å². The van der Waals surface area contributed by atoms with Crippen LogP contribution in [0.25, 0.3) is 0 Å². The van der Waals surface area contributed by atoms with Crippen molar-refractivity contribution in [1.82, 2.24) is 0 Å². The Hall–Kier alpha value is 1.65. The second-order valence-electron chi connectivity index (χ2n) is 21.5. The molecule has 5 atom stereocenters. The van der Waals surface area contributed by atoms with E-state index in [1.165, 1.54) is 0 Å². The lowest BCUT2D eigenvalue weighted by Crippen LogP contribution is -2.68. The number of aliphatic hydroxyl groups excluding tert-OH is 2. The molecule has 0 aliphatic heterocycles. The van der Waals surface area contributed by atoms with Gasteiger partial charge in [-0.05, 0) is 148 Å². The van der Waals surface area contributed by atoms with Gasteiger partial charge in [0, 0.05) is 38.9 Å². The Morgan fingerprint density at radius 2 is 0.855 bits per heavy atom. The molecule has 0 aromatic rings. The molecular weight excluding hydrogens is 957 g/mol. The van der Waals surface area contributed by atoms with Crippen molar-refractivity contribution in [3.05, 3.63) is 0 Å². The SMILES string of the molecule is CC(COCCC[Si](C)(OC[SiH](C)C)[Si](C)(CCCOCCO)O[Si](C)(C)O[Si](C)(C)C)OCCC[Si](C)(OC[SiH](C)C)O[Si](C)(CCCOCCO)O[Si](C)(C)O[Si](C)(C)C. The minimum atomic E-state index is -2.75. The highest BCUT2D eigenvalue weighted by Crippen LogP contribution is 2.36. The second-order valence-corrected chi connectivity index (χ2v) is 64.3. The van der Waals surface area contributed by atoms with Crippen molar-refractivity contribution in [2.24, 2.45) is 0 Å². The zero-order valence-corrected chi connectivity index (χ0v) is 53.9. The van der Waals surface area contributed by atoms with E-state index in [0.717, 1.165) is 62.3 Å². The van der Waals surface area contributed by atoms with Crippen LogP contribution in [-0.4, -0.2) is 172 Å². The lowest BCUT2D eigenvalue weighted by molar-refractivity contribution is -0.00671. The first-order valence-electron chi connectivity index (χ1n) is 23.7. The third-order valence-corrected chi connectivity index (χ3v) is 50.5. The molecule has 0 fully saturated rings. The summed E-state index contributed by atoms with van der Waals surface area (Å²) in [7, 11) is -20.7. The van der Waals surface area contributed by atoms with Gasteiger partial charge < -0.3 is 58.6 Å². The number of rotatable bonds is 40. The van der Waals surface area contributed by atoms with Crippen LogP contribution in [0.3, 0.4) is 0 Å². The van der Waals surface area contributed by atoms with E-state index in [2.05, 4.69) is 125 Å². The quantitative estimate of drug-likeness (QED) is 0.0448.